The van der Waals surface area contributed by atoms with Gasteiger partial charge in [0.2, 0.25) is 0 Å². The Kier molecular flexibility index (Phi) is 7.57. The number of nitrogens with zero attached hydrogens (tertiary/aromatic N) is 4. The van der Waals surface area contributed by atoms with Gasteiger partial charge < -0.3 is 10.1 Å². The molecule has 0 radical (unpaired) electrons. The lowest BCUT2D eigenvalue weighted by Crippen LogP contribution is -2.50. The molecule has 38 heavy (non-hydrogen) atoms. The quantitative estimate of drug-likeness (QED) is 0.381. The van der Waals surface area contributed by atoms with Crippen molar-refractivity contribution >= 4 is 29.0 Å². The summed E-state index contributed by atoms with van der Waals surface area (Å²) in [6, 6.07) is 15.5. The minimum absolute atomic E-state index is 0.0148. The number of hydrogen-bond donors (Lipinski definition) is 3. The standard InChI is InChI=1S/C27H29ClFN7O2/c1-36(21-6-4-3-5-7-21)26(24(28)25(34-36)19-14-30-31-15-19)33-27(37)32-23-17-35(12-13-38-2)16-22(23)18-8-10-20(29)11-9-18/h3-11,14-15,22-23H,12-13,16-17H2,1-2H3,(H2-,30,31,32,33,34,37)/p+1/t22-,23+,36?/m0/s1. The summed E-state index contributed by atoms with van der Waals surface area (Å²) >= 11 is 6.84. The number of ether oxygens (including phenoxy) is 1. The maximum absolute atomic E-state index is 13.6. The number of nitrogens with one attached hydrogen (secondary N) is 3. The lowest BCUT2D eigenvalue weighted by molar-refractivity contribution is 0.159. The number of aromatic amines is 1. The van der Waals surface area contributed by atoms with Gasteiger partial charge in [-0.1, -0.05) is 47.0 Å². The number of likely N-dealkylation sites (tertiary alicyclic amines) is 1. The van der Waals surface area contributed by atoms with E-state index < -0.39 is 6.03 Å². The number of rotatable bonds is 8. The summed E-state index contributed by atoms with van der Waals surface area (Å²) in [6.45, 7) is 2.66. The highest BCUT2D eigenvalue weighted by Gasteiger charge is 2.44. The molecule has 3 N–H and O–H groups in total. The average Bonchev–Trinajstić information content (AvgIpc) is 3.65. The molecule has 1 unspecified atom stereocenters. The van der Waals surface area contributed by atoms with Gasteiger partial charge in [0.05, 0.1) is 18.8 Å². The fourth-order valence-electron chi connectivity index (χ4n) is 5.03. The van der Waals surface area contributed by atoms with Crippen molar-refractivity contribution in [3.63, 3.8) is 0 Å². The lowest BCUT2D eigenvalue weighted by atomic mass is 9.94. The van der Waals surface area contributed by atoms with Crippen LogP contribution in [0.1, 0.15) is 17.0 Å². The molecular formula is C27H30ClFN7O2+. The number of allylic oxidation sites excluding steroid dienone is 1. The van der Waals surface area contributed by atoms with E-state index in [4.69, 9.17) is 21.4 Å². The molecule has 0 aliphatic carbocycles. The van der Waals surface area contributed by atoms with Crippen LogP contribution >= 0.6 is 11.6 Å². The van der Waals surface area contributed by atoms with Gasteiger partial charge in [-0.3, -0.25) is 15.3 Å². The van der Waals surface area contributed by atoms with E-state index >= 15 is 0 Å². The molecule has 1 aromatic heterocycles. The van der Waals surface area contributed by atoms with Crippen molar-refractivity contribution in [2.24, 2.45) is 5.10 Å². The molecule has 9 nitrogen and oxygen atoms in total. The van der Waals surface area contributed by atoms with Crippen LogP contribution in [0.3, 0.4) is 0 Å². The van der Waals surface area contributed by atoms with Crippen LogP contribution in [0.25, 0.3) is 0 Å². The van der Waals surface area contributed by atoms with Crippen molar-refractivity contribution in [2.75, 3.05) is 40.4 Å². The van der Waals surface area contributed by atoms with Gasteiger partial charge in [-0.15, -0.1) is 4.59 Å². The van der Waals surface area contributed by atoms with Crippen LogP contribution < -0.4 is 15.2 Å². The second-order valence-corrected chi connectivity index (χ2v) is 9.89. The van der Waals surface area contributed by atoms with Gasteiger partial charge in [-0.25, -0.2) is 9.18 Å². The van der Waals surface area contributed by atoms with Crippen molar-refractivity contribution < 1.29 is 13.9 Å². The van der Waals surface area contributed by atoms with Crippen molar-refractivity contribution in [3.8, 4) is 0 Å². The van der Waals surface area contributed by atoms with Crippen LogP contribution in [-0.2, 0) is 4.74 Å². The summed E-state index contributed by atoms with van der Waals surface area (Å²) in [6.07, 6.45) is 3.35. The molecule has 2 amide bonds. The van der Waals surface area contributed by atoms with Crippen molar-refractivity contribution in [3.05, 3.63) is 94.8 Å². The van der Waals surface area contributed by atoms with Gasteiger partial charge >= 0.3 is 6.03 Å². The number of para-hydroxylation sites is 1. The molecule has 0 bridgehead atoms. The van der Waals surface area contributed by atoms with Crippen LogP contribution in [0.4, 0.5) is 14.9 Å². The number of carbonyl (C=O) groups is 1. The first-order valence-electron chi connectivity index (χ1n) is 12.4. The molecule has 2 aliphatic rings. The van der Waals surface area contributed by atoms with Crippen molar-refractivity contribution in [1.82, 2.24) is 30.3 Å². The molecule has 3 aromatic rings. The first kappa shape index (κ1) is 26.1. The number of benzene rings is 2. The second-order valence-electron chi connectivity index (χ2n) is 9.51. The third kappa shape index (κ3) is 5.21. The van der Waals surface area contributed by atoms with E-state index in [1.807, 2.05) is 37.4 Å². The zero-order chi connectivity index (χ0) is 26.7. The Morgan fingerprint density at radius 2 is 1.97 bits per heavy atom. The Bertz CT molecular complexity index is 1330. The van der Waals surface area contributed by atoms with Gasteiger partial charge in [-0.2, -0.15) is 5.10 Å². The van der Waals surface area contributed by atoms with Crippen molar-refractivity contribution in [1.29, 1.82) is 0 Å². The minimum Gasteiger partial charge on any atom is -0.383 e. The first-order chi connectivity index (χ1) is 18.4. The molecule has 0 spiro atoms. The largest absolute Gasteiger partial charge is 0.383 e. The molecule has 198 valence electrons. The first-order valence-corrected chi connectivity index (χ1v) is 12.7. The molecular weight excluding hydrogens is 509 g/mol. The molecule has 0 saturated carbocycles. The number of halogens is 2. The van der Waals surface area contributed by atoms with Gasteiger partial charge in [0.1, 0.15) is 12.9 Å². The smallest absolute Gasteiger partial charge is 0.323 e. The highest BCUT2D eigenvalue weighted by atomic mass is 35.5. The molecule has 2 aliphatic heterocycles. The fraction of sp³-hybridized carbons (Fsp3) is 0.296. The summed E-state index contributed by atoms with van der Waals surface area (Å²) in [5, 5.41) is 18.1. The van der Waals surface area contributed by atoms with Gasteiger partial charge in [0.15, 0.2) is 16.4 Å². The maximum atomic E-state index is 13.6. The predicted molar refractivity (Wildman–Crippen MR) is 145 cm³/mol. The highest BCUT2D eigenvalue weighted by Crippen LogP contribution is 2.36. The Balaban J connectivity index is 1.40. The summed E-state index contributed by atoms with van der Waals surface area (Å²) in [4.78, 5) is 15.7. The molecule has 1 fully saturated rings. The van der Waals surface area contributed by atoms with E-state index in [0.717, 1.165) is 24.3 Å². The number of hydrogen-bond acceptors (Lipinski definition) is 5. The summed E-state index contributed by atoms with van der Waals surface area (Å²) < 4.78 is 18.8. The van der Waals surface area contributed by atoms with Crippen molar-refractivity contribution in [2.45, 2.75) is 12.0 Å². The summed E-state index contributed by atoms with van der Waals surface area (Å²) in [5.74, 6) is 0.123. The van der Waals surface area contributed by atoms with Gasteiger partial charge in [-0.05, 0) is 17.7 Å². The number of amides is 2. The average molecular weight is 539 g/mol. The molecule has 3 heterocycles. The number of aromatic nitrogens is 2. The van der Waals surface area contributed by atoms with E-state index in [9.17, 15) is 9.18 Å². The van der Waals surface area contributed by atoms with E-state index in [2.05, 4.69) is 25.7 Å². The summed E-state index contributed by atoms with van der Waals surface area (Å²) in [7, 11) is 3.53. The predicted octanol–water partition coefficient (Wildman–Crippen LogP) is 3.73. The number of urea groups is 1. The fourth-order valence-corrected chi connectivity index (χ4v) is 5.38. The molecule has 3 atom stereocenters. The zero-order valence-corrected chi connectivity index (χ0v) is 22.0. The topological polar surface area (TPSA) is 94.6 Å². The number of carbonyl (C=O) groups excluding carboxylic acids is 1. The third-order valence-electron chi connectivity index (χ3n) is 7.04. The molecule has 11 heteroatoms. The maximum Gasteiger partial charge on any atom is 0.323 e. The Morgan fingerprint density at radius 1 is 1.21 bits per heavy atom. The molecule has 5 rings (SSSR count). The number of H-pyrrole nitrogens is 1. The molecule has 1 saturated heterocycles. The van der Waals surface area contributed by atoms with E-state index in [0.29, 0.717) is 35.3 Å². The van der Waals surface area contributed by atoms with E-state index in [1.165, 1.54) is 12.1 Å². The van der Waals surface area contributed by atoms with E-state index in [1.54, 1.807) is 31.6 Å². The SMILES string of the molecule is COCCN1C[C@@H](NC(=O)NC2=C(Cl)C(c3cn[nH]c3)=N[N+]2(C)c2ccccc2)[C@H](c2ccc(F)cc2)C1. The third-order valence-corrected chi connectivity index (χ3v) is 7.39. The highest BCUT2D eigenvalue weighted by molar-refractivity contribution is 6.47. The minimum atomic E-state index is -0.396. The van der Waals surface area contributed by atoms with Crippen LogP contribution in [0.15, 0.2) is 82.9 Å². The Labute approximate surface area is 225 Å². The van der Waals surface area contributed by atoms with E-state index in [-0.39, 0.29) is 22.4 Å². The number of quaternary nitrogens is 1. The van der Waals surface area contributed by atoms with Crippen LogP contribution in [-0.4, -0.2) is 73.3 Å². The van der Waals surface area contributed by atoms with Crippen LogP contribution in [0.2, 0.25) is 0 Å². The Hall–Kier alpha value is -3.57. The monoisotopic (exact) mass is 538 g/mol. The zero-order valence-electron chi connectivity index (χ0n) is 21.2. The second kappa shape index (κ2) is 11.0. The molecule has 2 aromatic carbocycles. The number of methoxy groups -OCH3 is 1. The Morgan fingerprint density at radius 3 is 2.66 bits per heavy atom. The summed E-state index contributed by atoms with van der Waals surface area (Å²) in [5.41, 5.74) is 3.03. The van der Waals surface area contributed by atoms with Gasteiger partial charge in [0, 0.05) is 56.6 Å². The van der Waals surface area contributed by atoms with Gasteiger partial charge in [0.25, 0.3) is 5.82 Å². The lowest BCUT2D eigenvalue weighted by Gasteiger charge is -2.27. The normalized spacial score (nSPS) is 23.5. The van der Waals surface area contributed by atoms with Crippen LogP contribution in [0.5, 0.6) is 0 Å². The van der Waals surface area contributed by atoms with Crippen LogP contribution in [0, 0.1) is 5.82 Å².